The van der Waals surface area contributed by atoms with Crippen molar-refractivity contribution < 1.29 is 4.92 Å². The first kappa shape index (κ1) is 17.4. The molecule has 3 aromatic rings. The predicted octanol–water partition coefficient (Wildman–Crippen LogP) is 4.65. The molecule has 0 amide bonds. The van der Waals surface area contributed by atoms with Gasteiger partial charge in [-0.25, -0.2) is 0 Å². The summed E-state index contributed by atoms with van der Waals surface area (Å²) in [4.78, 5) is 9.99. The van der Waals surface area contributed by atoms with Gasteiger partial charge >= 0.3 is 0 Å². The highest BCUT2D eigenvalue weighted by Gasteiger charge is 2.10. The molecular formula is C21H19N3O2. The minimum atomic E-state index is -0.404. The molecule has 0 spiro atoms. The van der Waals surface area contributed by atoms with Crippen LogP contribution in [0.2, 0.25) is 0 Å². The molecule has 1 aliphatic rings. The zero-order chi connectivity index (χ0) is 18.2. The van der Waals surface area contributed by atoms with Gasteiger partial charge in [0, 0.05) is 25.1 Å². The van der Waals surface area contributed by atoms with Gasteiger partial charge in [-0.1, -0.05) is 60.7 Å². The molecule has 26 heavy (non-hydrogen) atoms. The van der Waals surface area contributed by atoms with Crippen molar-refractivity contribution in [2.45, 2.75) is 6.42 Å². The van der Waals surface area contributed by atoms with Crippen molar-refractivity contribution in [1.29, 1.82) is 0 Å². The van der Waals surface area contributed by atoms with Gasteiger partial charge in [-0.15, -0.1) is 0 Å². The first-order valence-electron chi connectivity index (χ1n) is 8.39. The fourth-order valence-corrected chi connectivity index (χ4v) is 2.63. The van der Waals surface area contributed by atoms with Gasteiger partial charge in [-0.2, -0.15) is 5.10 Å². The molecular weight excluding hydrogens is 326 g/mol. The molecule has 0 radical (unpaired) electrons. The summed E-state index contributed by atoms with van der Waals surface area (Å²) in [7, 11) is 0. The third kappa shape index (κ3) is 4.54. The van der Waals surface area contributed by atoms with E-state index in [-0.39, 0.29) is 5.69 Å². The van der Waals surface area contributed by atoms with Crippen LogP contribution < -0.4 is 5.43 Å². The van der Waals surface area contributed by atoms with E-state index < -0.39 is 4.92 Å². The Morgan fingerprint density at radius 3 is 1.73 bits per heavy atom. The summed E-state index contributed by atoms with van der Waals surface area (Å²) in [6.45, 7) is 0.840. The summed E-state index contributed by atoms with van der Waals surface area (Å²) in [5.74, 6) is 0. The largest absolute Gasteiger partial charge is 0.309 e. The van der Waals surface area contributed by atoms with Gasteiger partial charge in [0.25, 0.3) is 5.69 Å². The molecule has 1 aliphatic heterocycles. The summed E-state index contributed by atoms with van der Waals surface area (Å²) in [6.07, 6.45) is 0.873. The molecule has 130 valence electrons. The van der Waals surface area contributed by atoms with Crippen LogP contribution in [0.1, 0.15) is 12.0 Å². The zero-order valence-corrected chi connectivity index (χ0v) is 14.2. The highest BCUT2D eigenvalue weighted by atomic mass is 16.6. The van der Waals surface area contributed by atoms with Crippen LogP contribution >= 0.6 is 0 Å². The smallest absolute Gasteiger partial charge is 0.269 e. The second-order valence-electron chi connectivity index (χ2n) is 5.75. The quantitative estimate of drug-likeness (QED) is 0.555. The van der Waals surface area contributed by atoms with E-state index in [1.54, 1.807) is 12.1 Å². The average molecular weight is 345 g/mol. The maximum Gasteiger partial charge on any atom is 0.269 e. The Hall–Kier alpha value is -3.47. The monoisotopic (exact) mass is 345 g/mol. The number of rotatable bonds is 3. The molecule has 0 bridgehead atoms. The maximum absolute atomic E-state index is 10.4. The first-order chi connectivity index (χ1) is 12.7. The zero-order valence-electron chi connectivity index (χ0n) is 14.2. The van der Waals surface area contributed by atoms with Gasteiger partial charge in [-0.3, -0.25) is 10.1 Å². The van der Waals surface area contributed by atoms with E-state index in [4.69, 9.17) is 0 Å². The van der Waals surface area contributed by atoms with Gasteiger partial charge in [0.05, 0.1) is 10.6 Å². The van der Waals surface area contributed by atoms with Gasteiger partial charge in [0.15, 0.2) is 0 Å². The van der Waals surface area contributed by atoms with Gasteiger partial charge in [0.1, 0.15) is 0 Å². The molecule has 0 unspecified atom stereocenters. The maximum atomic E-state index is 10.4. The molecule has 0 saturated carbocycles. The van der Waals surface area contributed by atoms with Crippen molar-refractivity contribution in [3.05, 3.63) is 101 Å². The Kier molecular flexibility index (Phi) is 5.72. The average Bonchev–Trinajstić information content (AvgIpc) is 3.25. The Bertz CT molecular complexity index is 839. The minimum absolute atomic E-state index is 0.111. The van der Waals surface area contributed by atoms with Crippen LogP contribution in [0.4, 0.5) is 5.69 Å². The molecule has 0 fully saturated rings. The van der Waals surface area contributed by atoms with E-state index in [1.807, 2.05) is 12.1 Å². The van der Waals surface area contributed by atoms with Gasteiger partial charge < -0.3 is 5.43 Å². The molecule has 3 aromatic carbocycles. The number of benzene rings is 3. The number of nitrogens with zero attached hydrogens (tertiary/aromatic N) is 2. The van der Waals surface area contributed by atoms with Crippen molar-refractivity contribution in [3.8, 4) is 11.1 Å². The van der Waals surface area contributed by atoms with E-state index in [9.17, 15) is 10.1 Å². The second kappa shape index (κ2) is 8.58. The molecule has 0 aliphatic carbocycles. The van der Waals surface area contributed by atoms with E-state index in [0.29, 0.717) is 0 Å². The van der Waals surface area contributed by atoms with Crippen molar-refractivity contribution in [3.63, 3.8) is 0 Å². The summed E-state index contributed by atoms with van der Waals surface area (Å²) in [6, 6.07) is 27.2. The van der Waals surface area contributed by atoms with E-state index in [0.717, 1.165) is 24.2 Å². The van der Waals surface area contributed by atoms with Gasteiger partial charge in [-0.05, 0) is 28.8 Å². The lowest BCUT2D eigenvalue weighted by Crippen LogP contribution is -1.98. The van der Waals surface area contributed by atoms with Crippen LogP contribution in [0.15, 0.2) is 90.0 Å². The third-order valence-corrected chi connectivity index (χ3v) is 3.98. The lowest BCUT2D eigenvalue weighted by Gasteiger charge is -1.98. The molecule has 5 heteroatoms. The van der Waals surface area contributed by atoms with Crippen LogP contribution in [0.25, 0.3) is 11.1 Å². The standard InChI is InChI=1S/C12H10.C9H9N3O2/c1-3-7-11(8-4-1)12-9-5-2-6-10-12;13-12(14)8-3-1-7(2-4-8)9-5-6-10-11-9/h1-10H;1-4,10H,5-6H2. The Balaban J connectivity index is 0.000000152. The van der Waals surface area contributed by atoms with Crippen molar-refractivity contribution in [2.24, 2.45) is 5.10 Å². The lowest BCUT2D eigenvalue weighted by atomic mass is 10.1. The molecule has 0 aromatic heterocycles. The molecule has 0 atom stereocenters. The first-order valence-corrected chi connectivity index (χ1v) is 8.39. The molecule has 5 nitrogen and oxygen atoms in total. The number of hydrazone groups is 1. The lowest BCUT2D eigenvalue weighted by molar-refractivity contribution is -0.384. The topological polar surface area (TPSA) is 67.5 Å². The van der Waals surface area contributed by atoms with E-state index >= 15 is 0 Å². The number of hydrogen-bond acceptors (Lipinski definition) is 4. The summed E-state index contributed by atoms with van der Waals surface area (Å²) in [5, 5.41) is 14.5. The molecule has 1 N–H and O–H groups in total. The number of nitro groups is 1. The highest BCUT2D eigenvalue weighted by molar-refractivity contribution is 6.01. The van der Waals surface area contributed by atoms with Crippen molar-refractivity contribution in [1.82, 2.24) is 5.43 Å². The van der Waals surface area contributed by atoms with Crippen LogP contribution in [-0.4, -0.2) is 17.2 Å². The number of non-ortho nitro benzene ring substituents is 1. The summed E-state index contributed by atoms with van der Waals surface area (Å²) in [5.41, 5.74) is 7.43. The number of nitrogens with one attached hydrogen (secondary N) is 1. The van der Waals surface area contributed by atoms with Gasteiger partial charge in [0.2, 0.25) is 0 Å². The highest BCUT2D eigenvalue weighted by Crippen LogP contribution is 2.17. The Morgan fingerprint density at radius 2 is 1.31 bits per heavy atom. The molecule has 4 rings (SSSR count). The predicted molar refractivity (Wildman–Crippen MR) is 104 cm³/mol. The number of hydrogen-bond donors (Lipinski definition) is 1. The minimum Gasteiger partial charge on any atom is -0.309 e. The van der Waals surface area contributed by atoms with Crippen LogP contribution in [-0.2, 0) is 0 Å². The molecule has 0 saturated heterocycles. The fraction of sp³-hybridized carbons (Fsp3) is 0.0952. The van der Waals surface area contributed by atoms with Crippen LogP contribution in [0, 0.1) is 10.1 Å². The van der Waals surface area contributed by atoms with E-state index in [1.165, 1.54) is 23.3 Å². The third-order valence-electron chi connectivity index (χ3n) is 3.98. The Labute approximate surface area is 152 Å². The van der Waals surface area contributed by atoms with Crippen molar-refractivity contribution >= 4 is 11.4 Å². The number of nitro benzene ring substituents is 1. The van der Waals surface area contributed by atoms with Crippen LogP contribution in [0.5, 0.6) is 0 Å². The summed E-state index contributed by atoms with van der Waals surface area (Å²) >= 11 is 0. The normalized spacial score (nSPS) is 12.4. The summed E-state index contributed by atoms with van der Waals surface area (Å²) < 4.78 is 0. The SMILES string of the molecule is O=[N+]([O-])c1ccc(C2=NNCC2)cc1.c1ccc(-c2ccccc2)cc1. The van der Waals surface area contributed by atoms with Crippen LogP contribution in [0.3, 0.4) is 0 Å². The second-order valence-corrected chi connectivity index (χ2v) is 5.75. The van der Waals surface area contributed by atoms with Crippen molar-refractivity contribution in [2.75, 3.05) is 6.54 Å². The van der Waals surface area contributed by atoms with E-state index in [2.05, 4.69) is 59.1 Å². The fourth-order valence-electron chi connectivity index (χ4n) is 2.63. The molecule has 1 heterocycles. The Morgan fingerprint density at radius 1 is 0.769 bits per heavy atom.